The number of fused-ring (bicyclic) bond motifs is 8. The van der Waals surface area contributed by atoms with E-state index in [4.69, 9.17) is 28.9 Å². The number of H-pyrrole nitrogens is 2. The molecule has 0 radical (unpaired) electrons. The molecule has 11 nitrogen and oxygen atoms in total. The molecule has 0 fully saturated rings. The molecular weight excluding hydrogens is 1420 g/mol. The highest BCUT2D eigenvalue weighted by Crippen LogP contribution is 2.40. The number of halogens is 3. The standard InChI is InChI=1S/C73H94N7O4.3HI/c1-11-12-13-14-15-16-17-18-19-50-81-58-31-23-54(24-32-58)70-62-39-41-64(74-62)71(55-25-33-59(34-26-55)82-51-20-47-78(2,3)4)66-43-45-68(76-66)73(57-29-37-61(38-30-57)84-53-22-49-80(8,9)10)69-46-44-67(77-69)72(65-42-40-63(70)75-65)56-27-35-60(36-28-56)83-52-21-48-79(5,6)7;;;/h23-46,74,77H,11-22,47-53H2,1-10H3;3*1H/q+3;;;/p-3. The minimum Gasteiger partial charge on any atom is -1.00 e. The molecule has 8 bridgehead atoms. The van der Waals surface area contributed by atoms with Gasteiger partial charge in [0.1, 0.15) is 23.0 Å². The second-order valence-corrected chi connectivity index (χ2v) is 25.9. The van der Waals surface area contributed by atoms with Crippen molar-refractivity contribution in [3.63, 3.8) is 0 Å². The highest BCUT2D eigenvalue weighted by molar-refractivity contribution is 6.00. The van der Waals surface area contributed by atoms with Gasteiger partial charge in [0, 0.05) is 63.6 Å². The van der Waals surface area contributed by atoms with Gasteiger partial charge in [0.2, 0.25) is 0 Å². The van der Waals surface area contributed by atoms with Crippen molar-refractivity contribution in [1.29, 1.82) is 0 Å². The average Bonchev–Trinajstić information content (AvgIpc) is 1.73. The molecule has 0 saturated carbocycles. The lowest BCUT2D eigenvalue weighted by atomic mass is 10.0. The Morgan fingerprint density at radius 2 is 0.529 bits per heavy atom. The zero-order valence-electron chi connectivity index (χ0n) is 53.3. The van der Waals surface area contributed by atoms with Crippen LogP contribution in [0.5, 0.6) is 23.0 Å². The van der Waals surface area contributed by atoms with E-state index in [1.807, 2.05) is 0 Å². The van der Waals surface area contributed by atoms with Gasteiger partial charge in [0.05, 0.1) is 132 Å². The van der Waals surface area contributed by atoms with Crippen molar-refractivity contribution in [2.45, 2.75) is 84.0 Å². The van der Waals surface area contributed by atoms with E-state index in [9.17, 15) is 0 Å². The molecule has 7 aromatic rings. The Morgan fingerprint density at radius 3 is 0.770 bits per heavy atom. The van der Waals surface area contributed by atoms with Crippen LogP contribution in [0.15, 0.2) is 121 Å². The third-order valence-corrected chi connectivity index (χ3v) is 15.6. The molecule has 14 heteroatoms. The Kier molecular flexibility index (Phi) is 27.3. The smallest absolute Gasteiger partial charge is 0.119 e. The predicted octanol–water partition coefficient (Wildman–Crippen LogP) is 7.67. The first-order valence-corrected chi connectivity index (χ1v) is 31.0. The van der Waals surface area contributed by atoms with E-state index in [0.29, 0.717) is 26.4 Å². The number of unbranched alkanes of at least 4 members (excludes halogenated alkanes) is 8. The second kappa shape index (κ2) is 33.5. The van der Waals surface area contributed by atoms with E-state index in [-0.39, 0.29) is 71.9 Å². The molecule has 0 saturated heterocycles. The Labute approximate surface area is 570 Å². The van der Waals surface area contributed by atoms with Crippen molar-refractivity contribution < 1.29 is 104 Å². The Balaban J connectivity index is 0.00000403. The molecule has 4 aromatic carbocycles. The van der Waals surface area contributed by atoms with Crippen LogP contribution in [0, 0.1) is 0 Å². The van der Waals surface area contributed by atoms with Crippen molar-refractivity contribution in [2.75, 3.05) is 109 Å². The van der Waals surface area contributed by atoms with E-state index in [1.165, 1.54) is 51.4 Å². The first-order valence-electron chi connectivity index (χ1n) is 31.0. The van der Waals surface area contributed by atoms with Gasteiger partial charge in [-0.3, -0.25) is 0 Å². The minimum absolute atomic E-state index is 0. The van der Waals surface area contributed by atoms with E-state index < -0.39 is 0 Å². The Bertz CT molecular complexity index is 3440. The van der Waals surface area contributed by atoms with Crippen LogP contribution >= 0.6 is 0 Å². The molecule has 2 aliphatic rings. The van der Waals surface area contributed by atoms with Crippen LogP contribution in [0.4, 0.5) is 0 Å². The summed E-state index contributed by atoms with van der Waals surface area (Å²) in [6.07, 6.45) is 23.0. The largest absolute Gasteiger partial charge is 1.00 e. The van der Waals surface area contributed by atoms with Crippen LogP contribution in [-0.4, -0.2) is 143 Å². The third kappa shape index (κ3) is 20.9. The van der Waals surface area contributed by atoms with Crippen LogP contribution in [0.2, 0.25) is 0 Å². The number of rotatable bonds is 30. The summed E-state index contributed by atoms with van der Waals surface area (Å²) in [5, 5.41) is 0. The van der Waals surface area contributed by atoms with Crippen LogP contribution < -0.4 is 90.9 Å². The molecule has 2 aliphatic heterocycles. The summed E-state index contributed by atoms with van der Waals surface area (Å²) in [5.41, 5.74) is 15.1. The second-order valence-electron chi connectivity index (χ2n) is 25.9. The first kappa shape index (κ1) is 70.8. The predicted molar refractivity (Wildman–Crippen MR) is 352 cm³/mol. The molecular formula is C73H94I3N7O4. The SMILES string of the molecule is CCCCCCCCCCCOc1ccc(-c2c3nc(c(-c4ccc(OCCC[N+](C)(C)C)cc4)c4ccc([nH]4)c(-c4ccc(OCCC[N+](C)(C)C)cc4)c4nc(c(-c5ccc(OCCC[N+](C)(C)C)cc5)c5ccc2[nH]5)C=C4)C=C3)cc1.[I-].[I-].[I-]. The topological polar surface area (TPSA) is 94.3 Å². The summed E-state index contributed by atoms with van der Waals surface area (Å²) in [6, 6.07) is 42.7. The van der Waals surface area contributed by atoms with E-state index in [1.54, 1.807) is 0 Å². The van der Waals surface area contributed by atoms with Gasteiger partial charge in [-0.2, -0.15) is 0 Å². The molecule has 466 valence electrons. The molecule has 0 unspecified atom stereocenters. The number of hydrogen-bond acceptors (Lipinski definition) is 6. The zero-order valence-corrected chi connectivity index (χ0v) is 59.8. The third-order valence-electron chi connectivity index (χ3n) is 15.6. The van der Waals surface area contributed by atoms with Crippen molar-refractivity contribution >= 4 is 46.4 Å². The van der Waals surface area contributed by atoms with Gasteiger partial charge in [0.25, 0.3) is 0 Å². The summed E-state index contributed by atoms with van der Waals surface area (Å²) in [4.78, 5) is 19.1. The number of nitrogens with one attached hydrogen (secondary N) is 2. The fourth-order valence-electron chi connectivity index (χ4n) is 11.1. The number of benzene rings is 4. The van der Waals surface area contributed by atoms with Crippen molar-refractivity contribution in [1.82, 2.24) is 19.9 Å². The zero-order chi connectivity index (χ0) is 59.1. The number of ether oxygens (including phenoxy) is 4. The summed E-state index contributed by atoms with van der Waals surface area (Å²) in [7, 11) is 19.9. The van der Waals surface area contributed by atoms with Crippen molar-refractivity contribution in [2.24, 2.45) is 0 Å². The average molecular weight is 1510 g/mol. The monoisotopic (exact) mass is 1510 g/mol. The van der Waals surface area contributed by atoms with Crippen molar-refractivity contribution in [3.05, 3.63) is 144 Å². The first-order chi connectivity index (χ1) is 40.5. The van der Waals surface area contributed by atoms with Crippen LogP contribution in [0.3, 0.4) is 0 Å². The maximum absolute atomic E-state index is 6.37. The highest BCUT2D eigenvalue weighted by atomic mass is 127. The lowest BCUT2D eigenvalue weighted by molar-refractivity contribution is -0.870. The molecule has 0 atom stereocenters. The summed E-state index contributed by atoms with van der Waals surface area (Å²) in [6.45, 7) is 8.05. The fraction of sp³-hybridized carbons (Fsp3) is 0.397. The molecule has 5 heterocycles. The molecule has 3 aromatic heterocycles. The van der Waals surface area contributed by atoms with Crippen LogP contribution in [0.1, 0.15) is 107 Å². The summed E-state index contributed by atoms with van der Waals surface area (Å²) >= 11 is 0. The van der Waals surface area contributed by atoms with E-state index in [0.717, 1.165) is 171 Å². The van der Waals surface area contributed by atoms with Crippen LogP contribution in [0.25, 0.3) is 90.9 Å². The van der Waals surface area contributed by atoms with E-state index in [2.05, 4.69) is 226 Å². The number of aromatic nitrogens is 4. The quantitative estimate of drug-likeness (QED) is 0.0273. The van der Waals surface area contributed by atoms with Gasteiger partial charge >= 0.3 is 0 Å². The fourth-order valence-corrected chi connectivity index (χ4v) is 11.1. The molecule has 2 N–H and O–H groups in total. The summed E-state index contributed by atoms with van der Waals surface area (Å²) < 4.78 is 28.0. The maximum atomic E-state index is 6.37. The van der Waals surface area contributed by atoms with Gasteiger partial charge < -0.3 is 114 Å². The van der Waals surface area contributed by atoms with Gasteiger partial charge in [-0.05, 0) is 126 Å². The highest BCUT2D eigenvalue weighted by Gasteiger charge is 2.20. The minimum atomic E-state index is 0. The Morgan fingerprint density at radius 1 is 0.299 bits per heavy atom. The van der Waals surface area contributed by atoms with Gasteiger partial charge in [-0.15, -0.1) is 0 Å². The lowest BCUT2D eigenvalue weighted by Crippen LogP contribution is -3.00. The molecule has 0 amide bonds. The number of hydrogen-bond donors (Lipinski definition) is 2. The van der Waals surface area contributed by atoms with Gasteiger partial charge in [0.15, 0.2) is 0 Å². The molecule has 9 rings (SSSR count). The van der Waals surface area contributed by atoms with E-state index >= 15 is 0 Å². The number of nitrogens with zero attached hydrogens (tertiary/aromatic N) is 5. The summed E-state index contributed by atoms with van der Waals surface area (Å²) in [5.74, 6) is 3.40. The molecule has 0 spiro atoms. The number of quaternary nitrogens is 3. The van der Waals surface area contributed by atoms with Crippen LogP contribution in [-0.2, 0) is 0 Å². The van der Waals surface area contributed by atoms with Gasteiger partial charge in [-0.25, -0.2) is 9.97 Å². The maximum Gasteiger partial charge on any atom is 0.119 e. The van der Waals surface area contributed by atoms with Crippen molar-refractivity contribution in [3.8, 4) is 67.5 Å². The molecule has 87 heavy (non-hydrogen) atoms. The normalized spacial score (nSPS) is 12.1. The molecule has 0 aliphatic carbocycles. The van der Waals surface area contributed by atoms with Gasteiger partial charge in [-0.1, -0.05) is 107 Å². The Hall–Kier alpha value is -5.25. The lowest BCUT2D eigenvalue weighted by Gasteiger charge is -2.23. The number of aromatic amines is 2.